The van der Waals surface area contributed by atoms with Crippen LogP contribution in [0.3, 0.4) is 0 Å². The van der Waals surface area contributed by atoms with Crippen molar-refractivity contribution in [1.29, 1.82) is 0 Å². The Labute approximate surface area is 52.9 Å². The lowest BCUT2D eigenvalue weighted by atomic mass is 10.6. The Morgan fingerprint density at radius 2 is 2.56 bits per heavy atom. The molecule has 0 aliphatic heterocycles. The zero-order valence-electron chi connectivity index (χ0n) is 5.20. The van der Waals surface area contributed by atoms with Crippen molar-refractivity contribution < 1.29 is 5.11 Å². The van der Waals surface area contributed by atoms with Crippen molar-refractivity contribution in [3.8, 4) is 5.88 Å². The zero-order chi connectivity index (χ0) is 6.85. The van der Waals surface area contributed by atoms with Crippen molar-refractivity contribution in [3.63, 3.8) is 0 Å². The second-order valence-corrected chi connectivity index (χ2v) is 1.74. The fourth-order valence-corrected chi connectivity index (χ4v) is 0.625. The molecule has 0 spiro atoms. The Morgan fingerprint density at radius 3 is 2.78 bits per heavy atom. The number of hydrogen-bond acceptors (Lipinski definition) is 3. The van der Waals surface area contributed by atoms with Crippen LogP contribution in [0.2, 0.25) is 0 Å². The molecule has 0 unspecified atom stereocenters. The van der Waals surface area contributed by atoms with E-state index in [0.717, 1.165) is 0 Å². The Morgan fingerprint density at radius 1 is 1.89 bits per heavy atom. The van der Waals surface area contributed by atoms with Crippen molar-refractivity contribution >= 4 is 5.69 Å². The number of nitrogens with zero attached hydrogens (tertiary/aromatic N) is 2. The average Bonchev–Trinajstić information content (AvgIpc) is 2.15. The van der Waals surface area contributed by atoms with E-state index >= 15 is 0 Å². The average molecular weight is 127 g/mol. The molecule has 1 aromatic heterocycles. The summed E-state index contributed by atoms with van der Waals surface area (Å²) in [5.41, 5.74) is 5.61. The predicted octanol–water partition coefficient (Wildman–Crippen LogP) is 0.191. The van der Waals surface area contributed by atoms with Gasteiger partial charge in [0.2, 0.25) is 5.88 Å². The maximum Gasteiger partial charge on any atom is 0.233 e. The van der Waals surface area contributed by atoms with Gasteiger partial charge in [-0.2, -0.15) is 5.10 Å². The van der Waals surface area contributed by atoms with Crippen molar-refractivity contribution in [3.05, 3.63) is 6.20 Å². The number of nitrogen functional groups attached to an aromatic ring is 1. The van der Waals surface area contributed by atoms with Crippen molar-refractivity contribution in [2.24, 2.45) is 0 Å². The molecule has 50 valence electrons. The first-order chi connectivity index (χ1) is 4.25. The van der Waals surface area contributed by atoms with E-state index in [0.29, 0.717) is 12.2 Å². The predicted molar refractivity (Wildman–Crippen MR) is 34.0 cm³/mol. The summed E-state index contributed by atoms with van der Waals surface area (Å²) in [5.74, 6) is 0.0532. The van der Waals surface area contributed by atoms with Gasteiger partial charge in [0, 0.05) is 6.54 Å². The number of anilines is 1. The van der Waals surface area contributed by atoms with E-state index < -0.39 is 0 Å². The first kappa shape index (κ1) is 5.94. The SMILES string of the molecule is CCn1ncc(N)c1O. The number of aromatic hydroxyl groups is 1. The van der Waals surface area contributed by atoms with Crippen LogP contribution < -0.4 is 5.73 Å². The number of aromatic nitrogens is 2. The first-order valence-electron chi connectivity index (χ1n) is 2.76. The summed E-state index contributed by atoms with van der Waals surface area (Å²) < 4.78 is 1.43. The van der Waals surface area contributed by atoms with Crippen LogP contribution >= 0.6 is 0 Å². The Hall–Kier alpha value is -1.19. The standard InChI is InChI=1S/C5H9N3O/c1-2-8-5(9)4(6)3-7-8/h3,9H,2,6H2,1H3. The number of nitrogens with two attached hydrogens (primary N) is 1. The third-order valence-corrected chi connectivity index (χ3v) is 1.14. The molecule has 0 saturated carbocycles. The molecule has 0 aliphatic carbocycles. The van der Waals surface area contributed by atoms with Crippen molar-refractivity contribution in [2.45, 2.75) is 13.5 Å². The Balaban J connectivity index is 3.04. The van der Waals surface area contributed by atoms with Gasteiger partial charge in [0.25, 0.3) is 0 Å². The van der Waals surface area contributed by atoms with Crippen LogP contribution in [0.5, 0.6) is 5.88 Å². The molecule has 0 atom stereocenters. The lowest BCUT2D eigenvalue weighted by Crippen LogP contribution is -1.94. The topological polar surface area (TPSA) is 64.1 Å². The fraction of sp³-hybridized carbons (Fsp3) is 0.400. The van der Waals surface area contributed by atoms with Crippen molar-refractivity contribution in [1.82, 2.24) is 9.78 Å². The highest BCUT2D eigenvalue weighted by atomic mass is 16.3. The molecule has 0 aromatic carbocycles. The summed E-state index contributed by atoms with van der Waals surface area (Å²) in [6.45, 7) is 2.52. The van der Waals surface area contributed by atoms with Crippen LogP contribution in [0.25, 0.3) is 0 Å². The van der Waals surface area contributed by atoms with E-state index in [9.17, 15) is 0 Å². The maximum absolute atomic E-state index is 9.01. The minimum atomic E-state index is 0.0532. The third-order valence-electron chi connectivity index (χ3n) is 1.14. The molecule has 0 amide bonds. The summed E-state index contributed by atoms with van der Waals surface area (Å²) in [7, 11) is 0. The third kappa shape index (κ3) is 0.826. The molecule has 1 heterocycles. The molecular weight excluding hydrogens is 118 g/mol. The van der Waals surface area contributed by atoms with Crippen molar-refractivity contribution in [2.75, 3.05) is 5.73 Å². The first-order valence-corrected chi connectivity index (χ1v) is 2.76. The molecule has 4 heteroatoms. The van der Waals surface area contributed by atoms with Gasteiger partial charge >= 0.3 is 0 Å². The largest absolute Gasteiger partial charge is 0.492 e. The molecule has 0 fully saturated rings. The van der Waals surface area contributed by atoms with Crippen LogP contribution in [0.15, 0.2) is 6.20 Å². The van der Waals surface area contributed by atoms with Crippen LogP contribution in [0.1, 0.15) is 6.92 Å². The van der Waals surface area contributed by atoms with Crippen LogP contribution in [0, 0.1) is 0 Å². The van der Waals surface area contributed by atoms with Gasteiger partial charge in [0.1, 0.15) is 5.69 Å². The van der Waals surface area contributed by atoms with Crippen LogP contribution in [-0.2, 0) is 6.54 Å². The summed E-state index contributed by atoms with van der Waals surface area (Å²) in [6, 6.07) is 0. The highest BCUT2D eigenvalue weighted by molar-refractivity contribution is 5.44. The molecule has 0 saturated heterocycles. The lowest BCUT2D eigenvalue weighted by Gasteiger charge is -1.95. The molecule has 3 N–H and O–H groups in total. The van der Waals surface area contributed by atoms with Gasteiger partial charge in [0.15, 0.2) is 0 Å². The van der Waals surface area contributed by atoms with E-state index in [4.69, 9.17) is 10.8 Å². The lowest BCUT2D eigenvalue weighted by molar-refractivity contribution is 0.407. The fourth-order valence-electron chi connectivity index (χ4n) is 0.625. The molecule has 0 radical (unpaired) electrons. The molecular formula is C5H9N3O. The molecule has 9 heavy (non-hydrogen) atoms. The normalized spacial score (nSPS) is 9.89. The minimum absolute atomic E-state index is 0.0532. The Kier molecular flexibility index (Phi) is 1.30. The quantitative estimate of drug-likeness (QED) is 0.566. The van der Waals surface area contributed by atoms with Gasteiger partial charge in [-0.3, -0.25) is 0 Å². The number of hydrogen-bond donors (Lipinski definition) is 2. The summed E-state index contributed by atoms with van der Waals surface area (Å²) in [6.07, 6.45) is 1.43. The van der Waals surface area contributed by atoms with Gasteiger partial charge in [-0.15, -0.1) is 0 Å². The van der Waals surface area contributed by atoms with Gasteiger partial charge in [-0.05, 0) is 6.92 Å². The van der Waals surface area contributed by atoms with E-state index in [1.165, 1.54) is 10.9 Å². The summed E-state index contributed by atoms with van der Waals surface area (Å²) in [5, 5.41) is 12.8. The number of aryl methyl sites for hydroxylation is 1. The van der Waals surface area contributed by atoms with Crippen LogP contribution in [-0.4, -0.2) is 14.9 Å². The zero-order valence-corrected chi connectivity index (χ0v) is 5.20. The van der Waals surface area contributed by atoms with Gasteiger partial charge < -0.3 is 10.8 Å². The van der Waals surface area contributed by atoms with Crippen LogP contribution in [0.4, 0.5) is 5.69 Å². The van der Waals surface area contributed by atoms with E-state index in [1.807, 2.05) is 6.92 Å². The second kappa shape index (κ2) is 1.97. The highest BCUT2D eigenvalue weighted by Gasteiger charge is 2.01. The monoisotopic (exact) mass is 127 g/mol. The molecule has 1 aromatic rings. The van der Waals surface area contributed by atoms with E-state index in [-0.39, 0.29) is 5.88 Å². The van der Waals surface area contributed by atoms with Gasteiger partial charge in [0.05, 0.1) is 6.20 Å². The molecule has 1 rings (SSSR count). The highest BCUT2D eigenvalue weighted by Crippen LogP contribution is 2.16. The molecule has 0 aliphatic rings. The maximum atomic E-state index is 9.01. The molecule has 0 bridgehead atoms. The van der Waals surface area contributed by atoms with Gasteiger partial charge in [-0.1, -0.05) is 0 Å². The smallest absolute Gasteiger partial charge is 0.233 e. The number of rotatable bonds is 1. The van der Waals surface area contributed by atoms with E-state index in [1.54, 1.807) is 0 Å². The second-order valence-electron chi connectivity index (χ2n) is 1.74. The van der Waals surface area contributed by atoms with Gasteiger partial charge in [-0.25, -0.2) is 4.68 Å². The minimum Gasteiger partial charge on any atom is -0.492 e. The Bertz CT molecular complexity index is 206. The molecule has 4 nitrogen and oxygen atoms in total. The van der Waals surface area contributed by atoms with E-state index in [2.05, 4.69) is 5.10 Å². The summed E-state index contributed by atoms with van der Waals surface area (Å²) in [4.78, 5) is 0. The summed E-state index contributed by atoms with van der Waals surface area (Å²) >= 11 is 0.